The zero-order chi connectivity index (χ0) is 19.2. The largest absolute Gasteiger partial charge is 0.497 e. The lowest BCUT2D eigenvalue weighted by molar-refractivity contribution is 0.102. The number of benzene rings is 2. The van der Waals surface area contributed by atoms with Gasteiger partial charge in [-0.3, -0.25) is 4.79 Å². The van der Waals surface area contributed by atoms with Gasteiger partial charge in [-0.2, -0.15) is 5.21 Å². The van der Waals surface area contributed by atoms with E-state index in [0.29, 0.717) is 28.6 Å². The third-order valence-electron chi connectivity index (χ3n) is 3.70. The van der Waals surface area contributed by atoms with E-state index in [1.54, 1.807) is 31.4 Å². The Balaban J connectivity index is 1.79. The van der Waals surface area contributed by atoms with Gasteiger partial charge in [0.25, 0.3) is 5.91 Å². The summed E-state index contributed by atoms with van der Waals surface area (Å²) < 4.78 is 15.6. The first-order chi connectivity index (χ1) is 13.1. The number of rotatable bonds is 7. The van der Waals surface area contributed by atoms with Crippen molar-refractivity contribution in [2.24, 2.45) is 0 Å². The van der Waals surface area contributed by atoms with E-state index in [9.17, 15) is 4.79 Å². The highest BCUT2D eigenvalue weighted by molar-refractivity contribution is 6.06. The van der Waals surface area contributed by atoms with Crippen molar-refractivity contribution < 1.29 is 19.0 Å². The lowest BCUT2D eigenvalue weighted by Gasteiger charge is -2.10. The molecule has 0 bridgehead atoms. The van der Waals surface area contributed by atoms with Gasteiger partial charge in [-0.1, -0.05) is 6.07 Å². The van der Waals surface area contributed by atoms with Crippen LogP contribution in [-0.2, 0) is 0 Å². The maximum absolute atomic E-state index is 12.6. The highest BCUT2D eigenvalue weighted by Gasteiger charge is 2.18. The Morgan fingerprint density at radius 2 is 1.56 bits per heavy atom. The first-order valence-corrected chi connectivity index (χ1v) is 7.99. The number of nitrogens with one attached hydrogen (secondary N) is 3. The number of hydrogen-bond acceptors (Lipinski definition) is 7. The molecule has 3 N–H and O–H groups in total. The molecule has 27 heavy (non-hydrogen) atoms. The maximum atomic E-state index is 12.6. The monoisotopic (exact) mass is 369 g/mol. The van der Waals surface area contributed by atoms with Gasteiger partial charge in [0.1, 0.15) is 17.2 Å². The first-order valence-electron chi connectivity index (χ1n) is 7.99. The Labute approximate surface area is 155 Å². The smallest absolute Gasteiger partial charge is 0.280 e. The fourth-order valence-corrected chi connectivity index (χ4v) is 2.38. The predicted octanol–water partition coefficient (Wildman–Crippen LogP) is 2.83. The van der Waals surface area contributed by atoms with Crippen molar-refractivity contribution in [2.45, 2.75) is 0 Å². The molecule has 1 amide bonds. The summed E-state index contributed by atoms with van der Waals surface area (Å²) in [6.45, 7) is 0. The molecule has 140 valence electrons. The summed E-state index contributed by atoms with van der Waals surface area (Å²) in [5.41, 5.74) is 1.33. The lowest BCUT2D eigenvalue weighted by Crippen LogP contribution is -2.14. The van der Waals surface area contributed by atoms with Crippen LogP contribution in [0.2, 0.25) is 0 Å². The number of carbonyl (C=O) groups excluding carboxylic acids is 1. The van der Waals surface area contributed by atoms with Crippen molar-refractivity contribution >= 4 is 23.1 Å². The van der Waals surface area contributed by atoms with Crippen LogP contribution in [0.5, 0.6) is 17.2 Å². The van der Waals surface area contributed by atoms with Crippen molar-refractivity contribution in [3.05, 3.63) is 48.2 Å². The molecule has 0 fully saturated rings. The van der Waals surface area contributed by atoms with Gasteiger partial charge in [-0.15, -0.1) is 10.2 Å². The summed E-state index contributed by atoms with van der Waals surface area (Å²) in [6.07, 6.45) is 0. The van der Waals surface area contributed by atoms with Crippen LogP contribution < -0.4 is 24.8 Å². The second-order valence-corrected chi connectivity index (χ2v) is 5.43. The van der Waals surface area contributed by atoms with Crippen LogP contribution in [-0.4, -0.2) is 42.6 Å². The maximum Gasteiger partial charge on any atom is 0.280 e. The zero-order valence-electron chi connectivity index (χ0n) is 15.1. The fourth-order valence-electron chi connectivity index (χ4n) is 2.38. The molecule has 0 unspecified atom stereocenters. The number of hydrogen-bond donors (Lipinski definition) is 3. The SMILES string of the molecule is COc1cccc(Nc2n[nH]nc2C(=O)Nc2cc(OC)cc(OC)c2)c1. The first kappa shape index (κ1) is 18.1. The number of anilines is 3. The van der Waals surface area contributed by atoms with E-state index in [1.165, 1.54) is 14.2 Å². The number of H-pyrrole nitrogens is 1. The summed E-state index contributed by atoms with van der Waals surface area (Å²) in [5.74, 6) is 1.64. The Bertz CT molecular complexity index is 919. The molecule has 3 aromatic rings. The molecule has 0 saturated carbocycles. The average Bonchev–Trinajstić information content (AvgIpc) is 3.16. The van der Waals surface area contributed by atoms with Crippen molar-refractivity contribution in [2.75, 3.05) is 32.0 Å². The van der Waals surface area contributed by atoms with Crippen molar-refractivity contribution in [3.63, 3.8) is 0 Å². The van der Waals surface area contributed by atoms with Gasteiger partial charge >= 0.3 is 0 Å². The van der Waals surface area contributed by atoms with Crippen LogP contribution in [0.1, 0.15) is 10.5 Å². The zero-order valence-corrected chi connectivity index (χ0v) is 15.1. The Morgan fingerprint density at radius 3 is 2.22 bits per heavy atom. The summed E-state index contributed by atoms with van der Waals surface area (Å²) in [5, 5.41) is 16.2. The molecular formula is C18H19N5O4. The summed E-state index contributed by atoms with van der Waals surface area (Å²) in [6, 6.07) is 12.3. The number of methoxy groups -OCH3 is 3. The van der Waals surface area contributed by atoms with Crippen LogP contribution in [0.3, 0.4) is 0 Å². The second-order valence-electron chi connectivity index (χ2n) is 5.43. The average molecular weight is 369 g/mol. The summed E-state index contributed by atoms with van der Waals surface area (Å²) in [4.78, 5) is 12.6. The van der Waals surface area contributed by atoms with Gasteiger partial charge in [-0.05, 0) is 12.1 Å². The van der Waals surface area contributed by atoms with Gasteiger partial charge in [0.2, 0.25) is 0 Å². The third kappa shape index (κ3) is 4.27. The number of aromatic amines is 1. The number of aromatic nitrogens is 3. The van der Waals surface area contributed by atoms with Crippen LogP contribution in [0.4, 0.5) is 17.2 Å². The van der Waals surface area contributed by atoms with E-state index in [0.717, 1.165) is 0 Å². The molecular weight excluding hydrogens is 350 g/mol. The third-order valence-corrected chi connectivity index (χ3v) is 3.70. The van der Waals surface area contributed by atoms with E-state index in [-0.39, 0.29) is 11.5 Å². The molecule has 9 heteroatoms. The summed E-state index contributed by atoms with van der Waals surface area (Å²) >= 11 is 0. The Hall–Kier alpha value is -3.75. The van der Waals surface area contributed by atoms with Crippen molar-refractivity contribution in [1.29, 1.82) is 0 Å². The van der Waals surface area contributed by atoms with E-state index in [4.69, 9.17) is 14.2 Å². The molecule has 9 nitrogen and oxygen atoms in total. The van der Waals surface area contributed by atoms with Crippen molar-refractivity contribution in [1.82, 2.24) is 15.4 Å². The highest BCUT2D eigenvalue weighted by atomic mass is 16.5. The van der Waals surface area contributed by atoms with E-state index < -0.39 is 5.91 Å². The fraction of sp³-hybridized carbons (Fsp3) is 0.167. The quantitative estimate of drug-likeness (QED) is 0.587. The molecule has 0 spiro atoms. The molecule has 0 saturated heterocycles. The van der Waals surface area contributed by atoms with Crippen molar-refractivity contribution in [3.8, 4) is 17.2 Å². The van der Waals surface area contributed by atoms with Crippen LogP contribution in [0.15, 0.2) is 42.5 Å². The molecule has 0 aliphatic rings. The number of carbonyl (C=O) groups is 1. The second kappa shape index (κ2) is 8.09. The number of amides is 1. The van der Waals surface area contributed by atoms with Gasteiger partial charge in [0.05, 0.1) is 21.3 Å². The number of nitrogens with zero attached hydrogens (tertiary/aromatic N) is 2. The molecule has 3 rings (SSSR count). The van der Waals surface area contributed by atoms with Crippen LogP contribution in [0, 0.1) is 0 Å². The topological polar surface area (TPSA) is 110 Å². The molecule has 0 atom stereocenters. The normalized spacial score (nSPS) is 10.2. The van der Waals surface area contributed by atoms with Gasteiger partial charge in [-0.25, -0.2) is 0 Å². The van der Waals surface area contributed by atoms with Gasteiger partial charge in [0.15, 0.2) is 11.5 Å². The molecule has 0 aliphatic carbocycles. The molecule has 2 aromatic carbocycles. The molecule has 0 radical (unpaired) electrons. The Morgan fingerprint density at radius 1 is 0.889 bits per heavy atom. The van der Waals surface area contributed by atoms with E-state index in [2.05, 4.69) is 26.0 Å². The standard InChI is InChI=1S/C18H19N5O4/c1-25-13-6-4-5-11(7-13)19-17-16(21-23-22-17)18(24)20-12-8-14(26-2)10-15(9-12)27-3/h4-10H,1-3H3,(H,20,24)(H2,19,21,22,23). The number of ether oxygens (including phenoxy) is 3. The minimum Gasteiger partial charge on any atom is -0.497 e. The van der Waals surface area contributed by atoms with Gasteiger partial charge in [0, 0.05) is 35.6 Å². The molecule has 1 aromatic heterocycles. The predicted molar refractivity (Wildman–Crippen MR) is 100 cm³/mol. The Kier molecular flexibility index (Phi) is 5.41. The minimum atomic E-state index is -0.440. The lowest BCUT2D eigenvalue weighted by atomic mass is 10.2. The minimum absolute atomic E-state index is 0.111. The summed E-state index contributed by atoms with van der Waals surface area (Å²) in [7, 11) is 4.65. The van der Waals surface area contributed by atoms with E-state index >= 15 is 0 Å². The molecule has 0 aliphatic heterocycles. The van der Waals surface area contributed by atoms with Crippen LogP contribution in [0.25, 0.3) is 0 Å². The molecule has 1 heterocycles. The highest BCUT2D eigenvalue weighted by Crippen LogP contribution is 2.27. The van der Waals surface area contributed by atoms with Crippen LogP contribution >= 0.6 is 0 Å². The van der Waals surface area contributed by atoms with E-state index in [1.807, 2.05) is 18.2 Å². The van der Waals surface area contributed by atoms with Gasteiger partial charge < -0.3 is 24.8 Å².